The van der Waals surface area contributed by atoms with Crippen molar-refractivity contribution in [3.05, 3.63) is 54.5 Å². The summed E-state index contributed by atoms with van der Waals surface area (Å²) < 4.78 is 1.59. The van der Waals surface area contributed by atoms with Crippen LogP contribution in [0.2, 0.25) is 0 Å². The van der Waals surface area contributed by atoms with Crippen LogP contribution in [-0.2, 0) is 0 Å². The van der Waals surface area contributed by atoms with Crippen molar-refractivity contribution < 1.29 is 9.36 Å². The number of nitrogens with one attached hydrogen (secondary N) is 1. The molecule has 0 fully saturated rings. The lowest BCUT2D eigenvalue weighted by molar-refractivity contribution is -0.553. The third kappa shape index (κ3) is 1.27. The van der Waals surface area contributed by atoms with Crippen LogP contribution in [0.25, 0.3) is 0 Å². The van der Waals surface area contributed by atoms with Crippen molar-refractivity contribution in [2.24, 2.45) is 0 Å². The second-order valence-electron chi connectivity index (χ2n) is 3.66. The number of nitrogens with zero attached hydrogens (tertiary/aromatic N) is 2. The van der Waals surface area contributed by atoms with Gasteiger partial charge in [0.1, 0.15) is 12.4 Å². The van der Waals surface area contributed by atoms with E-state index in [0.717, 1.165) is 11.4 Å². The summed E-state index contributed by atoms with van der Waals surface area (Å²) in [6, 6.07) is 9.37. The molecule has 0 radical (unpaired) electrons. The van der Waals surface area contributed by atoms with Crippen LogP contribution >= 0.6 is 0 Å². The molecule has 0 amide bonds. The summed E-state index contributed by atoms with van der Waals surface area (Å²) in [5.41, 5.74) is 0.969. The molecule has 1 aliphatic rings. The lowest BCUT2D eigenvalue weighted by Crippen LogP contribution is -2.39. The maximum Gasteiger partial charge on any atom is 0.363 e. The lowest BCUT2D eigenvalue weighted by Gasteiger charge is -2.01. The number of benzene rings is 1. The molecule has 0 saturated carbocycles. The molecule has 1 atom stereocenters. The third-order valence-electron chi connectivity index (χ3n) is 2.67. The zero-order valence-electron chi connectivity index (χ0n) is 8.50. The fraction of sp³-hybridized carbons (Fsp3) is 0.0833. The molecule has 1 aliphatic heterocycles. The second kappa shape index (κ2) is 3.41. The van der Waals surface area contributed by atoms with E-state index >= 15 is 0 Å². The summed E-state index contributed by atoms with van der Waals surface area (Å²) in [6.45, 7) is 0. The van der Waals surface area contributed by atoms with Crippen molar-refractivity contribution in [2.45, 2.75) is 6.04 Å². The highest BCUT2D eigenvalue weighted by atomic mass is 16.2. The van der Waals surface area contributed by atoms with Gasteiger partial charge in [0.05, 0.1) is 6.20 Å². The molecule has 1 unspecified atom stereocenters. The Morgan fingerprint density at radius 1 is 1.25 bits per heavy atom. The number of anilines is 1. The van der Waals surface area contributed by atoms with E-state index in [0.29, 0.717) is 0 Å². The summed E-state index contributed by atoms with van der Waals surface area (Å²) in [5, 5.41) is 3.15. The standard InChI is InChI=1S/C12H9N3O/c16-12-11(9-4-2-1-3-5-9)14-10-8-13-6-7-15(10)12/h1-8,11H/p+1. The number of rotatable bonds is 1. The van der Waals surface area contributed by atoms with E-state index in [9.17, 15) is 4.79 Å². The maximum absolute atomic E-state index is 12.1. The van der Waals surface area contributed by atoms with Crippen molar-refractivity contribution in [3.63, 3.8) is 0 Å². The van der Waals surface area contributed by atoms with Gasteiger partial charge in [0.25, 0.3) is 0 Å². The predicted octanol–water partition coefficient (Wildman–Crippen LogP) is 1.18. The van der Waals surface area contributed by atoms with Crippen LogP contribution in [0.15, 0.2) is 48.9 Å². The van der Waals surface area contributed by atoms with Crippen LogP contribution < -0.4 is 9.88 Å². The normalized spacial score (nSPS) is 18.0. The predicted molar refractivity (Wildman–Crippen MR) is 57.9 cm³/mol. The molecule has 0 spiro atoms. The fourth-order valence-electron chi connectivity index (χ4n) is 1.88. The average molecular weight is 212 g/mol. The van der Waals surface area contributed by atoms with Crippen molar-refractivity contribution in [3.8, 4) is 0 Å². The zero-order valence-corrected chi connectivity index (χ0v) is 8.50. The molecule has 0 saturated heterocycles. The van der Waals surface area contributed by atoms with E-state index in [-0.39, 0.29) is 11.9 Å². The molecule has 1 aromatic heterocycles. The van der Waals surface area contributed by atoms with Crippen molar-refractivity contribution in [1.82, 2.24) is 4.98 Å². The number of carbonyl (C=O) groups excluding carboxylic acids is 1. The second-order valence-corrected chi connectivity index (χ2v) is 3.66. The van der Waals surface area contributed by atoms with E-state index in [1.807, 2.05) is 30.3 Å². The van der Waals surface area contributed by atoms with Crippen LogP contribution in [-0.4, -0.2) is 10.9 Å². The smallest absolute Gasteiger partial charge is 0.254 e. The number of fused-ring (bicyclic) bond motifs is 1. The van der Waals surface area contributed by atoms with Gasteiger partial charge in [-0.05, 0) is 0 Å². The van der Waals surface area contributed by atoms with Crippen molar-refractivity contribution in [2.75, 3.05) is 5.32 Å². The summed E-state index contributed by atoms with van der Waals surface area (Å²) >= 11 is 0. The zero-order chi connectivity index (χ0) is 11.0. The molecule has 16 heavy (non-hydrogen) atoms. The average Bonchev–Trinajstić information content (AvgIpc) is 2.69. The molecule has 2 aromatic rings. The molecule has 3 rings (SSSR count). The van der Waals surface area contributed by atoms with E-state index in [1.165, 1.54) is 0 Å². The summed E-state index contributed by atoms with van der Waals surface area (Å²) in [6.07, 6.45) is 4.94. The van der Waals surface area contributed by atoms with Crippen molar-refractivity contribution >= 4 is 11.7 Å². The largest absolute Gasteiger partial charge is 0.363 e. The Hall–Kier alpha value is -2.23. The number of hydrogen-bond donors (Lipinski definition) is 1. The van der Waals surface area contributed by atoms with E-state index in [2.05, 4.69) is 10.3 Å². The molecule has 4 nitrogen and oxygen atoms in total. The Bertz CT molecular complexity index is 539. The maximum atomic E-state index is 12.1. The molecule has 0 bridgehead atoms. The first-order valence-electron chi connectivity index (χ1n) is 5.07. The molecule has 4 heteroatoms. The molecule has 1 aromatic carbocycles. The minimum absolute atomic E-state index is 0.0311. The van der Waals surface area contributed by atoms with Gasteiger partial charge >= 0.3 is 11.7 Å². The molecule has 1 N–H and O–H groups in total. The molecule has 2 heterocycles. The molecular weight excluding hydrogens is 202 g/mol. The van der Waals surface area contributed by atoms with Gasteiger partial charge in [0.2, 0.25) is 6.04 Å². The SMILES string of the molecule is O=C1C(c2ccccc2)Nc2cncc[n+]21. The van der Waals surface area contributed by atoms with Crippen molar-refractivity contribution in [1.29, 1.82) is 0 Å². The number of carbonyl (C=O) groups is 1. The molecular formula is C12H10N3O+. The highest BCUT2D eigenvalue weighted by Gasteiger charge is 2.38. The van der Waals surface area contributed by atoms with Crippen LogP contribution in [0.1, 0.15) is 16.4 Å². The van der Waals surface area contributed by atoms with Gasteiger partial charge in [-0.3, -0.25) is 10.3 Å². The number of aromatic nitrogens is 2. The summed E-state index contributed by atoms with van der Waals surface area (Å²) in [5.74, 6) is 0.768. The minimum atomic E-state index is -0.301. The Morgan fingerprint density at radius 3 is 2.81 bits per heavy atom. The molecule has 0 aliphatic carbocycles. The summed E-state index contributed by atoms with van der Waals surface area (Å²) in [7, 11) is 0. The Morgan fingerprint density at radius 2 is 2.06 bits per heavy atom. The highest BCUT2D eigenvalue weighted by Crippen LogP contribution is 2.22. The number of hydrogen-bond acceptors (Lipinski definition) is 3. The first-order chi connectivity index (χ1) is 7.86. The van der Waals surface area contributed by atoms with Crippen LogP contribution in [0, 0.1) is 0 Å². The van der Waals surface area contributed by atoms with Gasteiger partial charge in [-0.15, -0.1) is 0 Å². The first kappa shape index (κ1) is 9.03. The highest BCUT2D eigenvalue weighted by molar-refractivity contribution is 5.82. The van der Waals surface area contributed by atoms with E-state index in [4.69, 9.17) is 0 Å². The van der Waals surface area contributed by atoms with Gasteiger partial charge in [-0.1, -0.05) is 30.3 Å². The van der Waals surface area contributed by atoms with Gasteiger partial charge in [-0.2, -0.15) is 4.57 Å². The Labute approximate surface area is 92.6 Å². The van der Waals surface area contributed by atoms with Gasteiger partial charge < -0.3 is 0 Å². The van der Waals surface area contributed by atoms with Gasteiger partial charge in [0.15, 0.2) is 0 Å². The van der Waals surface area contributed by atoms with Crippen LogP contribution in [0.3, 0.4) is 0 Å². The molecule has 78 valence electrons. The van der Waals surface area contributed by atoms with Crippen LogP contribution in [0.5, 0.6) is 0 Å². The monoisotopic (exact) mass is 212 g/mol. The quantitative estimate of drug-likeness (QED) is 0.722. The first-order valence-corrected chi connectivity index (χ1v) is 5.07. The Kier molecular flexibility index (Phi) is 1.93. The summed E-state index contributed by atoms with van der Waals surface area (Å²) in [4.78, 5) is 16.1. The lowest BCUT2D eigenvalue weighted by atomic mass is 10.1. The van der Waals surface area contributed by atoms with Gasteiger partial charge in [0, 0.05) is 5.56 Å². The minimum Gasteiger partial charge on any atom is -0.254 e. The van der Waals surface area contributed by atoms with Crippen LogP contribution in [0.4, 0.5) is 5.82 Å². The van der Waals surface area contributed by atoms with E-state index < -0.39 is 0 Å². The van der Waals surface area contributed by atoms with E-state index in [1.54, 1.807) is 23.2 Å². The topological polar surface area (TPSA) is 45.9 Å². The van der Waals surface area contributed by atoms with Gasteiger partial charge in [-0.25, -0.2) is 4.79 Å². The third-order valence-corrected chi connectivity index (χ3v) is 2.67. The fourth-order valence-corrected chi connectivity index (χ4v) is 1.88. The Balaban J connectivity index is 2.02.